The predicted molar refractivity (Wildman–Crippen MR) is 79.3 cm³/mol. The van der Waals surface area contributed by atoms with E-state index in [0.717, 1.165) is 4.90 Å². The van der Waals surface area contributed by atoms with Crippen molar-refractivity contribution in [3.63, 3.8) is 0 Å². The fourth-order valence-corrected chi connectivity index (χ4v) is 3.41. The fourth-order valence-electron chi connectivity index (χ4n) is 2.07. The van der Waals surface area contributed by atoms with Crippen molar-refractivity contribution in [3.05, 3.63) is 55.8 Å². The lowest BCUT2D eigenvalue weighted by molar-refractivity contribution is 0.175. The van der Waals surface area contributed by atoms with Crippen LogP contribution in [0.5, 0.6) is 5.75 Å². The highest BCUT2D eigenvalue weighted by Crippen LogP contribution is 2.48. The molecular weight excluding hydrogens is 316 g/mol. The highest BCUT2D eigenvalue weighted by Gasteiger charge is 2.39. The summed E-state index contributed by atoms with van der Waals surface area (Å²) in [7, 11) is 0. The van der Waals surface area contributed by atoms with Crippen LogP contribution in [0.25, 0.3) is 0 Å². The molecule has 1 aromatic heterocycles. The first-order chi connectivity index (χ1) is 10.0. The van der Waals surface area contributed by atoms with E-state index in [1.54, 1.807) is 18.2 Å². The summed E-state index contributed by atoms with van der Waals surface area (Å²) in [5.41, 5.74) is -1.09. The molecule has 1 aromatic carbocycles. The predicted octanol–water partition coefficient (Wildman–Crippen LogP) is 1.09. The van der Waals surface area contributed by atoms with Gasteiger partial charge in [-0.25, -0.2) is 0 Å². The van der Waals surface area contributed by atoms with Gasteiger partial charge < -0.3 is 19.8 Å². The molecule has 3 N–H and O–H groups in total. The number of H-pyrrole nitrogens is 2. The second kappa shape index (κ2) is 5.25. The van der Waals surface area contributed by atoms with Crippen LogP contribution < -0.4 is 15.9 Å². The Balaban J connectivity index is 2.06. The van der Waals surface area contributed by atoms with E-state index in [4.69, 9.17) is 16.3 Å². The number of ether oxygens (including phenoxy) is 1. The minimum atomic E-state index is -0.885. The monoisotopic (exact) mass is 326 g/mol. The zero-order valence-electron chi connectivity index (χ0n) is 10.7. The zero-order valence-corrected chi connectivity index (χ0v) is 12.3. The van der Waals surface area contributed by atoms with Crippen LogP contribution in [0.1, 0.15) is 5.69 Å². The van der Waals surface area contributed by atoms with Gasteiger partial charge >= 0.3 is 11.1 Å². The van der Waals surface area contributed by atoms with Gasteiger partial charge in [0.15, 0.2) is 0 Å². The van der Waals surface area contributed by atoms with E-state index in [0.29, 0.717) is 16.5 Å². The number of thioether (sulfide) groups is 1. The smallest absolute Gasteiger partial charge is 0.313 e. The molecule has 0 saturated heterocycles. The Bertz CT molecular complexity index is 803. The Kier molecular flexibility index (Phi) is 3.56. The Hall–Kier alpha value is -1.70. The van der Waals surface area contributed by atoms with Crippen molar-refractivity contribution in [3.8, 4) is 5.75 Å². The number of aliphatic hydroxyl groups excluding tert-OH is 1. The summed E-state index contributed by atoms with van der Waals surface area (Å²) in [6.07, 6.45) is 1.39. The number of hydrogen-bond acceptors (Lipinski definition) is 5. The van der Waals surface area contributed by atoms with Gasteiger partial charge in [0.2, 0.25) is 0 Å². The highest BCUT2D eigenvalue weighted by atomic mass is 35.5. The van der Waals surface area contributed by atoms with Crippen molar-refractivity contribution in [2.45, 2.75) is 9.64 Å². The SMILES string of the molecule is O=c1[nH]cc(C2(CO)COc3cc(Cl)ccc3S2)[nH]c1=O. The molecule has 6 nitrogen and oxygen atoms in total. The fraction of sp³-hybridized carbons (Fsp3) is 0.231. The first-order valence-corrected chi connectivity index (χ1v) is 7.28. The average molecular weight is 327 g/mol. The molecular formula is C13H11ClN2O4S. The number of nitrogens with one attached hydrogen (secondary N) is 2. The normalized spacial score (nSPS) is 20.7. The maximum atomic E-state index is 11.5. The Morgan fingerprint density at radius 2 is 2.19 bits per heavy atom. The van der Waals surface area contributed by atoms with Gasteiger partial charge in [-0.15, -0.1) is 11.8 Å². The van der Waals surface area contributed by atoms with Gasteiger partial charge in [-0.1, -0.05) is 11.6 Å². The lowest BCUT2D eigenvalue weighted by Crippen LogP contribution is -2.41. The zero-order chi connectivity index (χ0) is 15.0. The number of rotatable bonds is 2. The van der Waals surface area contributed by atoms with Crippen LogP contribution in [0, 0.1) is 0 Å². The summed E-state index contributed by atoms with van der Waals surface area (Å²) in [6.45, 7) is -0.120. The minimum Gasteiger partial charge on any atom is -0.490 e. The van der Waals surface area contributed by atoms with Gasteiger partial charge in [-0.05, 0) is 18.2 Å². The maximum absolute atomic E-state index is 11.5. The van der Waals surface area contributed by atoms with Gasteiger partial charge in [0, 0.05) is 11.2 Å². The number of fused-ring (bicyclic) bond motifs is 1. The molecule has 1 atom stereocenters. The van der Waals surface area contributed by atoms with E-state index in [2.05, 4.69) is 9.97 Å². The third-order valence-corrected chi connectivity index (χ3v) is 4.87. The number of aromatic amines is 2. The van der Waals surface area contributed by atoms with Gasteiger partial charge in [-0.3, -0.25) is 9.59 Å². The van der Waals surface area contributed by atoms with Crippen LogP contribution in [-0.2, 0) is 4.75 Å². The van der Waals surface area contributed by atoms with Crippen molar-refractivity contribution in [2.24, 2.45) is 0 Å². The summed E-state index contributed by atoms with van der Waals surface area (Å²) in [5, 5.41) is 10.4. The van der Waals surface area contributed by atoms with E-state index in [9.17, 15) is 14.7 Å². The molecule has 0 saturated carbocycles. The van der Waals surface area contributed by atoms with Gasteiger partial charge in [0.05, 0.1) is 17.2 Å². The molecule has 0 bridgehead atoms. The first kappa shape index (κ1) is 14.2. The van der Waals surface area contributed by atoms with Gasteiger partial charge in [0.25, 0.3) is 0 Å². The number of aromatic nitrogens is 2. The lowest BCUT2D eigenvalue weighted by Gasteiger charge is -2.35. The number of benzene rings is 1. The summed E-state index contributed by atoms with van der Waals surface area (Å²) in [4.78, 5) is 28.3. The Labute approximate surface area is 128 Å². The van der Waals surface area contributed by atoms with E-state index < -0.39 is 15.9 Å². The van der Waals surface area contributed by atoms with Crippen LogP contribution in [0.4, 0.5) is 0 Å². The molecule has 1 aliphatic rings. The van der Waals surface area contributed by atoms with Crippen LogP contribution in [0.2, 0.25) is 5.02 Å². The number of hydrogen-bond donors (Lipinski definition) is 3. The molecule has 0 aliphatic carbocycles. The van der Waals surface area contributed by atoms with Crippen molar-refractivity contribution in [1.82, 2.24) is 9.97 Å². The second-order valence-corrected chi connectivity index (χ2v) is 6.48. The Morgan fingerprint density at radius 1 is 1.38 bits per heavy atom. The molecule has 1 unspecified atom stereocenters. The number of halogens is 1. The van der Waals surface area contributed by atoms with Crippen LogP contribution in [-0.4, -0.2) is 28.3 Å². The van der Waals surface area contributed by atoms with Gasteiger partial charge in [0.1, 0.15) is 17.1 Å². The van der Waals surface area contributed by atoms with Crippen molar-refractivity contribution >= 4 is 23.4 Å². The van der Waals surface area contributed by atoms with Crippen LogP contribution in [0.15, 0.2) is 38.9 Å². The summed E-state index contributed by atoms with van der Waals surface area (Å²) < 4.78 is 4.77. The molecule has 2 heterocycles. The molecule has 0 spiro atoms. The molecule has 8 heteroatoms. The molecule has 21 heavy (non-hydrogen) atoms. The standard InChI is InChI=1S/C13H11ClN2O4S/c14-7-1-2-9-8(3-7)20-6-13(5-17,21-9)10-4-15-11(18)12(19)16-10/h1-4,17H,5-6H2,(H,15,18)(H,16,19). The van der Waals surface area contributed by atoms with Crippen molar-refractivity contribution < 1.29 is 9.84 Å². The summed E-state index contributed by atoms with van der Waals surface area (Å²) >= 11 is 7.27. The van der Waals surface area contributed by atoms with Crippen LogP contribution in [0.3, 0.4) is 0 Å². The molecule has 2 aromatic rings. The molecule has 0 amide bonds. The van der Waals surface area contributed by atoms with E-state index >= 15 is 0 Å². The second-order valence-electron chi connectivity index (χ2n) is 4.62. The third kappa shape index (κ3) is 2.48. The van der Waals surface area contributed by atoms with E-state index in [1.807, 2.05) is 0 Å². The molecule has 1 aliphatic heterocycles. The maximum Gasteiger partial charge on any atom is 0.313 e. The molecule has 0 radical (unpaired) electrons. The van der Waals surface area contributed by atoms with Gasteiger partial charge in [-0.2, -0.15) is 0 Å². The average Bonchev–Trinajstić information content (AvgIpc) is 2.49. The quantitative estimate of drug-likeness (QED) is 0.718. The highest BCUT2D eigenvalue weighted by molar-refractivity contribution is 8.00. The van der Waals surface area contributed by atoms with Crippen LogP contribution >= 0.6 is 23.4 Å². The first-order valence-electron chi connectivity index (χ1n) is 6.09. The summed E-state index contributed by atoms with van der Waals surface area (Å²) in [6, 6.07) is 5.20. The minimum absolute atomic E-state index is 0.142. The lowest BCUT2D eigenvalue weighted by atomic mass is 10.1. The van der Waals surface area contributed by atoms with Crippen molar-refractivity contribution in [2.75, 3.05) is 13.2 Å². The molecule has 0 fully saturated rings. The third-order valence-electron chi connectivity index (χ3n) is 3.22. The van der Waals surface area contributed by atoms with E-state index in [-0.39, 0.29) is 13.2 Å². The summed E-state index contributed by atoms with van der Waals surface area (Å²) in [5.74, 6) is 0.628. The number of aliphatic hydroxyl groups is 1. The van der Waals surface area contributed by atoms with E-state index in [1.165, 1.54) is 18.0 Å². The Morgan fingerprint density at radius 3 is 2.90 bits per heavy atom. The van der Waals surface area contributed by atoms with Crippen molar-refractivity contribution in [1.29, 1.82) is 0 Å². The molecule has 110 valence electrons. The topological polar surface area (TPSA) is 95.2 Å². The largest absolute Gasteiger partial charge is 0.490 e. The molecule has 3 rings (SSSR count).